The molecule has 0 radical (unpaired) electrons. The molecule has 0 rings (SSSR count). The van der Waals surface area contributed by atoms with Gasteiger partial charge in [-0.15, -0.1) is 0 Å². The summed E-state index contributed by atoms with van der Waals surface area (Å²) in [6.07, 6.45) is 27.6. The molecule has 0 heterocycles. The maximum atomic E-state index is 3.32. The Bertz CT molecular complexity index is 297. The van der Waals surface area contributed by atoms with Gasteiger partial charge in [0.15, 0.2) is 0 Å². The smallest absolute Gasteiger partial charge is 0.0000488 e. The van der Waals surface area contributed by atoms with Crippen molar-refractivity contribution in [2.45, 2.75) is 150 Å². The molecule has 0 aromatic heterocycles. The van der Waals surface area contributed by atoms with Crippen molar-refractivity contribution in [2.75, 3.05) is 13.6 Å². The van der Waals surface area contributed by atoms with Crippen molar-refractivity contribution in [3.63, 3.8) is 0 Å². The Morgan fingerprint density at radius 3 is 1.43 bits per heavy atom. The lowest BCUT2D eigenvalue weighted by atomic mass is 9.87. The summed E-state index contributed by atoms with van der Waals surface area (Å²) in [5, 5.41) is 3.32. The molecule has 1 N–H and O–H groups in total. The standard InChI is InChI=1S/C27H57N/c1-6-7-8-9-16-19-22-26(2)23-20-17-14-12-10-11-13-15-18-21-24-27(3,4)25-28-5/h26,28H,6-25H2,1-5H3. The van der Waals surface area contributed by atoms with E-state index in [-0.39, 0.29) is 0 Å². The van der Waals surface area contributed by atoms with Gasteiger partial charge in [0.1, 0.15) is 0 Å². The summed E-state index contributed by atoms with van der Waals surface area (Å²) in [7, 11) is 2.07. The molecule has 1 nitrogen and oxygen atoms in total. The third kappa shape index (κ3) is 20.7. The van der Waals surface area contributed by atoms with Crippen LogP contribution in [0.3, 0.4) is 0 Å². The van der Waals surface area contributed by atoms with Crippen molar-refractivity contribution in [3.05, 3.63) is 0 Å². The van der Waals surface area contributed by atoms with Gasteiger partial charge in [0.05, 0.1) is 0 Å². The van der Waals surface area contributed by atoms with E-state index in [2.05, 4.69) is 40.1 Å². The van der Waals surface area contributed by atoms with Crippen LogP contribution >= 0.6 is 0 Å². The molecule has 0 aromatic carbocycles. The highest BCUT2D eigenvalue weighted by molar-refractivity contribution is 4.70. The van der Waals surface area contributed by atoms with Crippen molar-refractivity contribution in [1.82, 2.24) is 5.32 Å². The first kappa shape index (κ1) is 28.0. The molecule has 1 atom stereocenters. The van der Waals surface area contributed by atoms with Crippen molar-refractivity contribution >= 4 is 0 Å². The van der Waals surface area contributed by atoms with Gasteiger partial charge in [-0.3, -0.25) is 0 Å². The van der Waals surface area contributed by atoms with Gasteiger partial charge in [-0.25, -0.2) is 0 Å². The molecule has 0 saturated carbocycles. The van der Waals surface area contributed by atoms with Gasteiger partial charge in [-0.1, -0.05) is 143 Å². The average molecular weight is 396 g/mol. The minimum absolute atomic E-state index is 0.473. The molecule has 0 saturated heterocycles. The number of nitrogens with one attached hydrogen (secondary N) is 1. The van der Waals surface area contributed by atoms with Crippen LogP contribution in [-0.4, -0.2) is 13.6 Å². The average Bonchev–Trinajstić information content (AvgIpc) is 2.65. The zero-order valence-electron chi connectivity index (χ0n) is 20.7. The zero-order valence-corrected chi connectivity index (χ0v) is 20.7. The number of hydrogen-bond acceptors (Lipinski definition) is 1. The number of unbranched alkanes of at least 4 members (excludes halogenated alkanes) is 14. The van der Waals surface area contributed by atoms with Crippen LogP contribution in [0.25, 0.3) is 0 Å². The fraction of sp³-hybridized carbons (Fsp3) is 1.00. The summed E-state index contributed by atoms with van der Waals surface area (Å²) in [6.45, 7) is 10.7. The van der Waals surface area contributed by atoms with E-state index in [9.17, 15) is 0 Å². The van der Waals surface area contributed by atoms with Gasteiger partial charge in [0, 0.05) is 0 Å². The molecule has 0 aliphatic heterocycles. The first-order valence-electron chi connectivity index (χ1n) is 13.2. The molecular formula is C27H57N. The van der Waals surface area contributed by atoms with E-state index in [0.29, 0.717) is 5.41 Å². The molecule has 0 aliphatic rings. The molecule has 0 amide bonds. The highest BCUT2D eigenvalue weighted by atomic mass is 14.8. The van der Waals surface area contributed by atoms with Gasteiger partial charge in [-0.05, 0) is 31.3 Å². The molecule has 0 spiro atoms. The van der Waals surface area contributed by atoms with Gasteiger partial charge < -0.3 is 5.32 Å². The first-order valence-corrected chi connectivity index (χ1v) is 13.2. The summed E-state index contributed by atoms with van der Waals surface area (Å²) in [4.78, 5) is 0. The Hall–Kier alpha value is -0.0400. The Balaban J connectivity index is 3.23. The number of rotatable bonds is 22. The summed E-state index contributed by atoms with van der Waals surface area (Å²) in [6, 6.07) is 0. The van der Waals surface area contributed by atoms with E-state index in [1.807, 2.05) is 0 Å². The Kier molecular flexibility index (Phi) is 20.2. The molecule has 0 aromatic rings. The number of hydrogen-bond donors (Lipinski definition) is 1. The summed E-state index contributed by atoms with van der Waals surface area (Å²) in [5.41, 5.74) is 0.473. The summed E-state index contributed by atoms with van der Waals surface area (Å²) >= 11 is 0. The van der Waals surface area contributed by atoms with Gasteiger partial charge in [0.2, 0.25) is 0 Å². The monoisotopic (exact) mass is 395 g/mol. The van der Waals surface area contributed by atoms with Crippen molar-refractivity contribution in [2.24, 2.45) is 11.3 Å². The second-order valence-corrected chi connectivity index (χ2v) is 10.4. The highest BCUT2D eigenvalue weighted by Gasteiger charge is 2.15. The van der Waals surface area contributed by atoms with Crippen LogP contribution in [-0.2, 0) is 0 Å². The van der Waals surface area contributed by atoms with E-state index < -0.39 is 0 Å². The molecule has 1 unspecified atom stereocenters. The minimum Gasteiger partial charge on any atom is -0.319 e. The van der Waals surface area contributed by atoms with Crippen LogP contribution in [0.1, 0.15) is 150 Å². The fourth-order valence-electron chi connectivity index (χ4n) is 4.49. The molecule has 1 heteroatoms. The summed E-state index contributed by atoms with van der Waals surface area (Å²) < 4.78 is 0. The molecular weight excluding hydrogens is 338 g/mol. The first-order chi connectivity index (χ1) is 13.5. The topological polar surface area (TPSA) is 12.0 Å². The van der Waals surface area contributed by atoms with Gasteiger partial charge >= 0.3 is 0 Å². The minimum atomic E-state index is 0.473. The molecule has 0 aliphatic carbocycles. The van der Waals surface area contributed by atoms with E-state index in [1.54, 1.807) is 0 Å². The van der Waals surface area contributed by atoms with Crippen LogP contribution in [0.15, 0.2) is 0 Å². The van der Waals surface area contributed by atoms with Crippen LogP contribution in [0, 0.1) is 11.3 Å². The van der Waals surface area contributed by atoms with Crippen LogP contribution < -0.4 is 5.32 Å². The van der Waals surface area contributed by atoms with Gasteiger partial charge in [0.25, 0.3) is 0 Å². The van der Waals surface area contributed by atoms with Crippen LogP contribution in [0.4, 0.5) is 0 Å². The lowest BCUT2D eigenvalue weighted by Crippen LogP contribution is -2.26. The Morgan fingerprint density at radius 2 is 1.00 bits per heavy atom. The lowest BCUT2D eigenvalue weighted by Gasteiger charge is -2.23. The van der Waals surface area contributed by atoms with Gasteiger partial charge in [-0.2, -0.15) is 0 Å². The van der Waals surface area contributed by atoms with Crippen molar-refractivity contribution in [1.29, 1.82) is 0 Å². The maximum Gasteiger partial charge on any atom is -0.0000488 e. The Labute approximate surface area is 180 Å². The van der Waals surface area contributed by atoms with E-state index >= 15 is 0 Å². The van der Waals surface area contributed by atoms with Crippen molar-refractivity contribution < 1.29 is 0 Å². The lowest BCUT2D eigenvalue weighted by molar-refractivity contribution is 0.309. The Morgan fingerprint density at radius 1 is 0.607 bits per heavy atom. The SMILES string of the molecule is CCCCCCCCC(C)CCCCCCCCCCCCC(C)(C)CNC. The molecule has 0 fully saturated rings. The predicted octanol–water partition coefficient (Wildman–Crippen LogP) is 9.30. The third-order valence-electron chi connectivity index (χ3n) is 6.51. The largest absolute Gasteiger partial charge is 0.319 e. The highest BCUT2D eigenvalue weighted by Crippen LogP contribution is 2.23. The quantitative estimate of drug-likeness (QED) is 0.180. The third-order valence-corrected chi connectivity index (χ3v) is 6.51. The van der Waals surface area contributed by atoms with E-state index in [1.165, 1.54) is 122 Å². The predicted molar refractivity (Wildman–Crippen MR) is 130 cm³/mol. The van der Waals surface area contributed by atoms with Crippen molar-refractivity contribution in [3.8, 4) is 0 Å². The second-order valence-electron chi connectivity index (χ2n) is 10.4. The normalized spacial score (nSPS) is 13.2. The van der Waals surface area contributed by atoms with E-state index in [4.69, 9.17) is 0 Å². The van der Waals surface area contributed by atoms with Crippen LogP contribution in [0.5, 0.6) is 0 Å². The molecule has 28 heavy (non-hydrogen) atoms. The molecule has 170 valence electrons. The van der Waals surface area contributed by atoms with E-state index in [0.717, 1.165) is 12.5 Å². The summed E-state index contributed by atoms with van der Waals surface area (Å²) in [5.74, 6) is 0.962. The zero-order chi connectivity index (χ0) is 20.9. The maximum absolute atomic E-state index is 3.32. The van der Waals surface area contributed by atoms with Crippen LogP contribution in [0.2, 0.25) is 0 Å². The fourth-order valence-corrected chi connectivity index (χ4v) is 4.49. The molecule has 0 bridgehead atoms. The second kappa shape index (κ2) is 20.2.